The van der Waals surface area contributed by atoms with Crippen molar-refractivity contribution in [3.8, 4) is 0 Å². The zero-order valence-electron chi connectivity index (χ0n) is 8.73. The molecule has 1 saturated heterocycles. The average molecular weight is 261 g/mol. The van der Waals surface area contributed by atoms with Crippen LogP contribution < -0.4 is 0 Å². The number of hydrogen-bond donors (Lipinski definition) is 0. The largest absolute Gasteiger partial charge is 0.381 e. The van der Waals surface area contributed by atoms with Gasteiger partial charge in [0.2, 0.25) is 0 Å². The lowest BCUT2D eigenvalue weighted by molar-refractivity contribution is 0.0804. The van der Waals surface area contributed by atoms with Gasteiger partial charge in [0.25, 0.3) is 9.05 Å². The van der Waals surface area contributed by atoms with Crippen molar-refractivity contribution < 1.29 is 13.2 Å². The molecule has 1 unspecified atom stereocenters. The highest BCUT2D eigenvalue weighted by atomic mass is 35.7. The second-order valence-corrected chi connectivity index (χ2v) is 6.49. The highest BCUT2D eigenvalue weighted by Crippen LogP contribution is 2.26. The summed E-state index contributed by atoms with van der Waals surface area (Å²) in [7, 11) is 1.63. The number of ether oxygens (including phenoxy) is 1. The van der Waals surface area contributed by atoms with Crippen LogP contribution in [0.3, 0.4) is 0 Å². The molecule has 1 aromatic carbocycles. The Bertz CT molecular complexity index is 447. The van der Waals surface area contributed by atoms with Gasteiger partial charge in [-0.1, -0.05) is 12.1 Å². The van der Waals surface area contributed by atoms with Crippen molar-refractivity contribution in [2.45, 2.75) is 23.7 Å². The Morgan fingerprint density at radius 1 is 1.25 bits per heavy atom. The van der Waals surface area contributed by atoms with Crippen molar-refractivity contribution >= 4 is 19.7 Å². The summed E-state index contributed by atoms with van der Waals surface area (Å²) in [5, 5.41) is 0. The zero-order valence-corrected chi connectivity index (χ0v) is 10.3. The third-order valence-electron chi connectivity index (χ3n) is 2.79. The van der Waals surface area contributed by atoms with Crippen LogP contribution in [0.4, 0.5) is 0 Å². The predicted molar refractivity (Wildman–Crippen MR) is 62.3 cm³/mol. The summed E-state index contributed by atoms with van der Waals surface area (Å²) in [4.78, 5) is 0.148. The van der Waals surface area contributed by atoms with Crippen LogP contribution in [-0.2, 0) is 13.8 Å². The quantitative estimate of drug-likeness (QED) is 0.768. The molecule has 1 heterocycles. The molecule has 1 aromatic rings. The molecule has 1 aliphatic heterocycles. The van der Waals surface area contributed by atoms with Crippen molar-refractivity contribution in [3.63, 3.8) is 0 Å². The fraction of sp³-hybridized carbons (Fsp3) is 0.455. The summed E-state index contributed by atoms with van der Waals surface area (Å²) in [5.41, 5.74) is 1.11. The van der Waals surface area contributed by atoms with Crippen LogP contribution in [0.1, 0.15) is 24.3 Å². The molecule has 0 N–H and O–H groups in total. The SMILES string of the molecule is O=S(=O)(Cl)c1ccc(C2CCCOC2)cc1. The van der Waals surface area contributed by atoms with Gasteiger partial charge in [-0.2, -0.15) is 0 Å². The van der Waals surface area contributed by atoms with Crippen molar-refractivity contribution in [2.75, 3.05) is 13.2 Å². The second kappa shape index (κ2) is 4.73. The Kier molecular flexibility index (Phi) is 3.52. The maximum atomic E-state index is 11.1. The Morgan fingerprint density at radius 3 is 2.44 bits per heavy atom. The highest BCUT2D eigenvalue weighted by Gasteiger charge is 2.17. The molecule has 88 valence electrons. The van der Waals surface area contributed by atoms with E-state index in [4.69, 9.17) is 15.4 Å². The Labute approximate surface area is 99.8 Å². The van der Waals surface area contributed by atoms with E-state index in [1.165, 1.54) is 0 Å². The van der Waals surface area contributed by atoms with Gasteiger partial charge in [0.05, 0.1) is 11.5 Å². The summed E-state index contributed by atoms with van der Waals surface area (Å²) < 4.78 is 27.5. The van der Waals surface area contributed by atoms with Gasteiger partial charge in [-0.15, -0.1) is 0 Å². The normalized spacial score (nSPS) is 21.9. The standard InChI is InChI=1S/C11H13ClO3S/c12-16(13,14)11-5-3-9(4-6-11)10-2-1-7-15-8-10/h3-6,10H,1-2,7-8H2. The van der Waals surface area contributed by atoms with Crippen molar-refractivity contribution in [3.05, 3.63) is 29.8 Å². The Hall–Kier alpha value is -0.580. The van der Waals surface area contributed by atoms with Crippen LogP contribution >= 0.6 is 10.7 Å². The highest BCUT2D eigenvalue weighted by molar-refractivity contribution is 8.13. The van der Waals surface area contributed by atoms with Crippen molar-refractivity contribution in [2.24, 2.45) is 0 Å². The van der Waals surface area contributed by atoms with Gasteiger partial charge in [0, 0.05) is 23.2 Å². The van der Waals surface area contributed by atoms with E-state index >= 15 is 0 Å². The minimum atomic E-state index is -3.61. The van der Waals surface area contributed by atoms with Crippen LogP contribution in [0.25, 0.3) is 0 Å². The molecule has 1 aliphatic rings. The van der Waals surface area contributed by atoms with Crippen LogP contribution in [0.5, 0.6) is 0 Å². The summed E-state index contributed by atoms with van der Waals surface area (Å²) >= 11 is 0. The van der Waals surface area contributed by atoms with Gasteiger partial charge >= 0.3 is 0 Å². The molecule has 0 radical (unpaired) electrons. The summed E-state index contributed by atoms with van der Waals surface area (Å²) in [6.45, 7) is 1.54. The van der Waals surface area contributed by atoms with Crippen molar-refractivity contribution in [1.82, 2.24) is 0 Å². The lowest BCUT2D eigenvalue weighted by Gasteiger charge is -2.22. The zero-order chi connectivity index (χ0) is 11.6. The monoisotopic (exact) mass is 260 g/mol. The molecular weight excluding hydrogens is 248 g/mol. The summed E-state index contributed by atoms with van der Waals surface area (Å²) in [5.74, 6) is 0.376. The van der Waals surface area contributed by atoms with Gasteiger partial charge in [-0.3, -0.25) is 0 Å². The van der Waals surface area contributed by atoms with Gasteiger partial charge in [-0.25, -0.2) is 8.42 Å². The average Bonchev–Trinajstić information content (AvgIpc) is 2.29. The van der Waals surface area contributed by atoms with Crippen LogP contribution in [0.15, 0.2) is 29.2 Å². The van der Waals surface area contributed by atoms with E-state index in [0.29, 0.717) is 12.5 Å². The molecule has 1 fully saturated rings. The Balaban J connectivity index is 2.18. The molecule has 16 heavy (non-hydrogen) atoms. The molecule has 0 saturated carbocycles. The summed E-state index contributed by atoms with van der Waals surface area (Å²) in [6, 6.07) is 6.72. The minimum absolute atomic E-state index is 0.148. The molecule has 2 rings (SSSR count). The number of benzene rings is 1. The van der Waals surface area contributed by atoms with E-state index in [1.54, 1.807) is 12.1 Å². The molecule has 0 aromatic heterocycles. The van der Waals surface area contributed by atoms with Crippen LogP contribution in [-0.4, -0.2) is 21.6 Å². The first-order valence-corrected chi connectivity index (χ1v) is 7.50. The molecule has 1 atom stereocenters. The van der Waals surface area contributed by atoms with E-state index < -0.39 is 9.05 Å². The van der Waals surface area contributed by atoms with Crippen LogP contribution in [0, 0.1) is 0 Å². The maximum absolute atomic E-state index is 11.1. The number of rotatable bonds is 2. The van der Waals surface area contributed by atoms with Crippen molar-refractivity contribution in [1.29, 1.82) is 0 Å². The maximum Gasteiger partial charge on any atom is 0.261 e. The fourth-order valence-corrected chi connectivity index (χ4v) is 2.68. The number of halogens is 1. The first-order chi connectivity index (χ1) is 7.57. The third kappa shape index (κ3) is 2.75. The molecule has 3 nitrogen and oxygen atoms in total. The molecule has 5 heteroatoms. The first kappa shape index (κ1) is 11.9. The Morgan fingerprint density at radius 2 is 1.94 bits per heavy atom. The third-order valence-corrected chi connectivity index (χ3v) is 4.16. The lowest BCUT2D eigenvalue weighted by Crippen LogP contribution is -2.15. The lowest BCUT2D eigenvalue weighted by atomic mass is 9.94. The molecule has 0 bridgehead atoms. The first-order valence-electron chi connectivity index (χ1n) is 5.20. The number of hydrogen-bond acceptors (Lipinski definition) is 3. The van der Waals surface area contributed by atoms with Gasteiger partial charge in [-0.05, 0) is 30.5 Å². The van der Waals surface area contributed by atoms with Gasteiger partial charge < -0.3 is 4.74 Å². The van der Waals surface area contributed by atoms with E-state index in [-0.39, 0.29) is 4.90 Å². The topological polar surface area (TPSA) is 43.4 Å². The second-order valence-electron chi connectivity index (χ2n) is 3.92. The van der Waals surface area contributed by atoms with E-state index in [2.05, 4.69) is 0 Å². The fourth-order valence-electron chi connectivity index (χ4n) is 1.91. The molecule has 0 aliphatic carbocycles. The van der Waals surface area contributed by atoms with E-state index in [9.17, 15) is 8.42 Å². The molecule has 0 spiro atoms. The van der Waals surface area contributed by atoms with E-state index in [1.807, 2.05) is 12.1 Å². The minimum Gasteiger partial charge on any atom is -0.381 e. The predicted octanol–water partition coefficient (Wildman–Crippen LogP) is 2.51. The van der Waals surface area contributed by atoms with Crippen LogP contribution in [0.2, 0.25) is 0 Å². The van der Waals surface area contributed by atoms with Gasteiger partial charge in [0.1, 0.15) is 0 Å². The smallest absolute Gasteiger partial charge is 0.261 e. The molecule has 0 amide bonds. The van der Waals surface area contributed by atoms with E-state index in [0.717, 1.165) is 25.0 Å². The molecular formula is C11H13ClO3S. The summed E-state index contributed by atoms with van der Waals surface area (Å²) in [6.07, 6.45) is 2.15. The van der Waals surface area contributed by atoms with Gasteiger partial charge in [0.15, 0.2) is 0 Å².